The Hall–Kier alpha value is -1.99. The Morgan fingerprint density at radius 3 is 2.73 bits per heavy atom. The molecule has 0 bridgehead atoms. The van der Waals surface area contributed by atoms with Crippen molar-refractivity contribution in [1.82, 2.24) is 19.8 Å². The molecule has 0 aliphatic carbocycles. The average molecular weight is 317 g/mol. The lowest BCUT2D eigenvalue weighted by atomic mass is 10.3. The van der Waals surface area contributed by atoms with Gasteiger partial charge in [0.05, 0.1) is 11.2 Å². The zero-order valence-corrected chi connectivity index (χ0v) is 13.3. The highest BCUT2D eigenvalue weighted by Gasteiger charge is 2.21. The molecule has 7 heteroatoms. The molecule has 2 aromatic rings. The lowest BCUT2D eigenvalue weighted by Crippen LogP contribution is -2.49. The Bertz CT molecular complexity index is 605. The van der Waals surface area contributed by atoms with Crippen molar-refractivity contribution < 1.29 is 4.79 Å². The van der Waals surface area contributed by atoms with Crippen molar-refractivity contribution in [1.29, 1.82) is 0 Å². The summed E-state index contributed by atoms with van der Waals surface area (Å²) in [5.74, 6) is 0.598. The molecule has 1 aliphatic rings. The Kier molecular flexibility index (Phi) is 4.65. The van der Waals surface area contributed by atoms with Crippen molar-refractivity contribution in [2.75, 3.05) is 31.5 Å². The van der Waals surface area contributed by atoms with Crippen LogP contribution < -0.4 is 5.32 Å². The molecule has 0 atom stereocenters. The van der Waals surface area contributed by atoms with Gasteiger partial charge in [-0.15, -0.1) is 11.3 Å². The number of urea groups is 1. The van der Waals surface area contributed by atoms with Crippen LogP contribution in [0.3, 0.4) is 0 Å². The molecule has 2 aromatic heterocycles. The smallest absolute Gasteiger partial charge is 0.322 e. The van der Waals surface area contributed by atoms with Crippen LogP contribution in [0, 0.1) is 6.92 Å². The van der Waals surface area contributed by atoms with Gasteiger partial charge < -0.3 is 4.90 Å². The normalized spacial score (nSPS) is 15.8. The number of carbonyl (C=O) groups is 1. The molecule has 1 saturated heterocycles. The summed E-state index contributed by atoms with van der Waals surface area (Å²) in [7, 11) is 0. The van der Waals surface area contributed by atoms with Gasteiger partial charge in [-0.25, -0.2) is 14.8 Å². The van der Waals surface area contributed by atoms with Crippen molar-refractivity contribution in [3.05, 3.63) is 40.5 Å². The highest BCUT2D eigenvalue weighted by atomic mass is 32.1. The molecule has 0 radical (unpaired) electrons. The monoisotopic (exact) mass is 317 g/mol. The minimum absolute atomic E-state index is 0.0790. The van der Waals surface area contributed by atoms with Gasteiger partial charge in [0, 0.05) is 44.3 Å². The summed E-state index contributed by atoms with van der Waals surface area (Å²) in [6.45, 7) is 6.01. The zero-order valence-electron chi connectivity index (χ0n) is 12.5. The van der Waals surface area contributed by atoms with Gasteiger partial charge in [-0.1, -0.05) is 6.07 Å². The van der Waals surface area contributed by atoms with E-state index in [0.29, 0.717) is 5.82 Å². The van der Waals surface area contributed by atoms with Crippen molar-refractivity contribution in [3.63, 3.8) is 0 Å². The van der Waals surface area contributed by atoms with E-state index in [0.717, 1.165) is 44.0 Å². The maximum absolute atomic E-state index is 12.2. The summed E-state index contributed by atoms with van der Waals surface area (Å²) in [4.78, 5) is 24.9. The van der Waals surface area contributed by atoms with Crippen molar-refractivity contribution >= 4 is 23.2 Å². The third-order valence-corrected chi connectivity index (χ3v) is 4.31. The fourth-order valence-electron chi connectivity index (χ4n) is 2.38. The van der Waals surface area contributed by atoms with Crippen molar-refractivity contribution in [2.45, 2.75) is 13.5 Å². The van der Waals surface area contributed by atoms with E-state index in [2.05, 4.69) is 25.6 Å². The second kappa shape index (κ2) is 6.85. The molecule has 0 saturated carbocycles. The summed E-state index contributed by atoms with van der Waals surface area (Å²) in [5, 5.41) is 4.92. The zero-order chi connectivity index (χ0) is 15.4. The first-order valence-corrected chi connectivity index (χ1v) is 8.23. The van der Waals surface area contributed by atoms with Crippen LogP contribution in [-0.2, 0) is 6.54 Å². The van der Waals surface area contributed by atoms with Gasteiger partial charge in [-0.05, 0) is 18.6 Å². The molecule has 22 heavy (non-hydrogen) atoms. The number of nitrogens with zero attached hydrogens (tertiary/aromatic N) is 4. The molecule has 3 rings (SSSR count). The third kappa shape index (κ3) is 3.80. The molecule has 1 N–H and O–H groups in total. The molecular weight excluding hydrogens is 298 g/mol. The summed E-state index contributed by atoms with van der Waals surface area (Å²) >= 11 is 1.62. The number of thiazole rings is 1. The number of rotatable bonds is 3. The Labute approximate surface area is 133 Å². The van der Waals surface area contributed by atoms with E-state index in [4.69, 9.17) is 0 Å². The lowest BCUT2D eigenvalue weighted by molar-refractivity contribution is 0.142. The Balaban J connectivity index is 1.48. The molecular formula is C15H19N5OS. The highest BCUT2D eigenvalue weighted by molar-refractivity contribution is 7.07. The van der Waals surface area contributed by atoms with Gasteiger partial charge in [0.15, 0.2) is 0 Å². The van der Waals surface area contributed by atoms with E-state index in [9.17, 15) is 4.79 Å². The van der Waals surface area contributed by atoms with E-state index in [1.54, 1.807) is 17.5 Å². The maximum atomic E-state index is 12.2. The number of aryl methyl sites for hydroxylation is 1. The first-order chi connectivity index (χ1) is 10.7. The average Bonchev–Trinajstić information content (AvgIpc) is 3.03. The van der Waals surface area contributed by atoms with Gasteiger partial charge >= 0.3 is 6.03 Å². The molecule has 1 aliphatic heterocycles. The second-order valence-corrected chi connectivity index (χ2v) is 6.11. The topological polar surface area (TPSA) is 61.4 Å². The number of hydrogen-bond acceptors (Lipinski definition) is 5. The number of hydrogen-bond donors (Lipinski definition) is 1. The Morgan fingerprint density at radius 2 is 2.09 bits per heavy atom. The maximum Gasteiger partial charge on any atom is 0.323 e. The van der Waals surface area contributed by atoms with Crippen LogP contribution in [0.15, 0.2) is 29.2 Å². The lowest BCUT2D eigenvalue weighted by Gasteiger charge is -2.34. The van der Waals surface area contributed by atoms with Crippen LogP contribution in [0.25, 0.3) is 0 Å². The summed E-state index contributed by atoms with van der Waals surface area (Å²) in [6, 6.07) is 3.68. The number of piperazine rings is 1. The summed E-state index contributed by atoms with van der Waals surface area (Å²) < 4.78 is 0. The predicted molar refractivity (Wildman–Crippen MR) is 87.0 cm³/mol. The van der Waals surface area contributed by atoms with Crippen molar-refractivity contribution in [2.24, 2.45) is 0 Å². The predicted octanol–water partition coefficient (Wildman–Crippen LogP) is 2.20. The first-order valence-electron chi connectivity index (χ1n) is 7.29. The van der Waals surface area contributed by atoms with Crippen molar-refractivity contribution in [3.8, 4) is 0 Å². The molecule has 0 spiro atoms. The van der Waals surface area contributed by atoms with Crippen LogP contribution in [0.1, 0.15) is 11.3 Å². The fraction of sp³-hybridized carbons (Fsp3) is 0.400. The molecule has 3 heterocycles. The first kappa shape index (κ1) is 14.9. The molecule has 0 aromatic carbocycles. The van der Waals surface area contributed by atoms with E-state index in [1.165, 1.54) is 0 Å². The minimum Gasteiger partial charge on any atom is -0.322 e. The molecule has 1 fully saturated rings. The van der Waals surface area contributed by atoms with E-state index in [-0.39, 0.29) is 6.03 Å². The van der Waals surface area contributed by atoms with Gasteiger partial charge in [0.2, 0.25) is 0 Å². The molecule has 6 nitrogen and oxygen atoms in total. The fourth-order valence-corrected chi connectivity index (χ4v) is 2.93. The van der Waals surface area contributed by atoms with Crippen LogP contribution >= 0.6 is 11.3 Å². The standard InChI is InChI=1S/C15H19N5OS/c1-12-2-3-14(16-8-12)18-15(21)20-6-4-19(5-7-20)9-13-10-22-11-17-13/h2-3,8,10-11H,4-7,9H2,1H3,(H,16,18,21). The molecule has 2 amide bonds. The third-order valence-electron chi connectivity index (χ3n) is 3.67. The second-order valence-electron chi connectivity index (χ2n) is 5.39. The van der Waals surface area contributed by atoms with Gasteiger partial charge in [0.1, 0.15) is 5.82 Å². The number of nitrogens with one attached hydrogen (secondary N) is 1. The largest absolute Gasteiger partial charge is 0.323 e. The highest BCUT2D eigenvalue weighted by Crippen LogP contribution is 2.11. The number of carbonyl (C=O) groups excluding carboxylic acids is 1. The molecule has 116 valence electrons. The number of aromatic nitrogens is 2. The number of pyridine rings is 1. The van der Waals surface area contributed by atoms with Crippen LogP contribution in [0.2, 0.25) is 0 Å². The van der Waals surface area contributed by atoms with Gasteiger partial charge in [0.25, 0.3) is 0 Å². The van der Waals surface area contributed by atoms with E-state index < -0.39 is 0 Å². The van der Waals surface area contributed by atoms with Gasteiger partial charge in [-0.3, -0.25) is 10.2 Å². The minimum atomic E-state index is -0.0790. The quantitative estimate of drug-likeness (QED) is 0.943. The number of amides is 2. The summed E-state index contributed by atoms with van der Waals surface area (Å²) in [6.07, 6.45) is 1.75. The van der Waals surface area contributed by atoms with E-state index >= 15 is 0 Å². The number of anilines is 1. The van der Waals surface area contributed by atoms with Crippen LogP contribution in [-0.4, -0.2) is 52.0 Å². The van der Waals surface area contributed by atoms with Crippen LogP contribution in [0.5, 0.6) is 0 Å². The molecule has 0 unspecified atom stereocenters. The van der Waals surface area contributed by atoms with Crippen LogP contribution in [0.4, 0.5) is 10.6 Å². The Morgan fingerprint density at radius 1 is 1.27 bits per heavy atom. The SMILES string of the molecule is Cc1ccc(NC(=O)N2CCN(Cc3cscn3)CC2)nc1. The van der Waals surface area contributed by atoms with Gasteiger partial charge in [-0.2, -0.15) is 0 Å². The van der Waals surface area contributed by atoms with E-state index in [1.807, 2.05) is 29.5 Å². The summed E-state index contributed by atoms with van der Waals surface area (Å²) in [5.41, 5.74) is 4.04.